The second-order valence-electron chi connectivity index (χ2n) is 3.57. The van der Waals surface area contributed by atoms with E-state index in [1.807, 2.05) is 0 Å². The molecule has 0 bridgehead atoms. The zero-order valence-electron chi connectivity index (χ0n) is 9.03. The molecule has 5 heteroatoms. The van der Waals surface area contributed by atoms with E-state index in [1.54, 1.807) is 25.1 Å². The van der Waals surface area contributed by atoms with Crippen LogP contribution >= 0.6 is 0 Å². The number of rotatable bonds is 1. The number of anilines is 2. The van der Waals surface area contributed by atoms with Gasteiger partial charge in [-0.25, -0.2) is 4.79 Å². The SMILES string of the molecule is COC(=O)c1cccc2c1NC(C)C(=O)N2. The summed E-state index contributed by atoms with van der Waals surface area (Å²) in [6, 6.07) is 4.72. The molecule has 1 heterocycles. The first-order valence-corrected chi connectivity index (χ1v) is 4.92. The topological polar surface area (TPSA) is 67.4 Å². The van der Waals surface area contributed by atoms with Crippen molar-refractivity contribution < 1.29 is 14.3 Å². The number of nitrogens with one attached hydrogen (secondary N) is 2. The molecule has 0 aromatic heterocycles. The maximum atomic E-state index is 11.5. The predicted molar refractivity (Wildman–Crippen MR) is 59.5 cm³/mol. The second kappa shape index (κ2) is 3.84. The molecule has 0 radical (unpaired) electrons. The number of carbonyl (C=O) groups is 2. The van der Waals surface area contributed by atoms with Crippen LogP contribution in [0.5, 0.6) is 0 Å². The Balaban J connectivity index is 2.48. The first-order chi connectivity index (χ1) is 7.63. The third kappa shape index (κ3) is 1.60. The van der Waals surface area contributed by atoms with Crippen LogP contribution in [0.15, 0.2) is 18.2 Å². The van der Waals surface area contributed by atoms with Gasteiger partial charge >= 0.3 is 5.97 Å². The monoisotopic (exact) mass is 220 g/mol. The zero-order chi connectivity index (χ0) is 11.7. The summed E-state index contributed by atoms with van der Waals surface area (Å²) < 4.78 is 4.67. The molecule has 0 aliphatic carbocycles. The van der Waals surface area contributed by atoms with Gasteiger partial charge in [-0.3, -0.25) is 4.79 Å². The normalized spacial score (nSPS) is 18.1. The van der Waals surface area contributed by atoms with Gasteiger partial charge in [0.25, 0.3) is 0 Å². The zero-order valence-corrected chi connectivity index (χ0v) is 9.03. The van der Waals surface area contributed by atoms with Crippen molar-refractivity contribution in [1.82, 2.24) is 0 Å². The molecular formula is C11H12N2O3. The summed E-state index contributed by atoms with van der Waals surface area (Å²) in [7, 11) is 1.33. The van der Waals surface area contributed by atoms with Crippen LogP contribution in [0, 0.1) is 0 Å². The van der Waals surface area contributed by atoms with Crippen LogP contribution in [-0.2, 0) is 9.53 Å². The number of para-hydroxylation sites is 1. The average molecular weight is 220 g/mol. The van der Waals surface area contributed by atoms with Crippen LogP contribution in [0.3, 0.4) is 0 Å². The Morgan fingerprint density at radius 3 is 2.88 bits per heavy atom. The molecule has 1 amide bonds. The molecule has 2 rings (SSSR count). The number of carbonyl (C=O) groups excluding carboxylic acids is 2. The summed E-state index contributed by atoms with van der Waals surface area (Å²) in [6.45, 7) is 1.73. The van der Waals surface area contributed by atoms with Crippen molar-refractivity contribution in [3.63, 3.8) is 0 Å². The standard InChI is InChI=1S/C11H12N2O3/c1-6-10(14)13-8-5-3-4-7(9(8)12-6)11(15)16-2/h3-6,12H,1-2H3,(H,13,14). The maximum absolute atomic E-state index is 11.5. The number of esters is 1. The van der Waals surface area contributed by atoms with Gasteiger partial charge in [-0.1, -0.05) is 6.07 Å². The second-order valence-corrected chi connectivity index (χ2v) is 3.57. The van der Waals surface area contributed by atoms with Gasteiger partial charge in [0.2, 0.25) is 5.91 Å². The molecule has 0 saturated heterocycles. The van der Waals surface area contributed by atoms with Crippen molar-refractivity contribution in [1.29, 1.82) is 0 Å². The predicted octanol–water partition coefficient (Wildman–Crippen LogP) is 1.23. The van der Waals surface area contributed by atoms with Gasteiger partial charge in [0, 0.05) is 0 Å². The first kappa shape index (κ1) is 10.5. The minimum absolute atomic E-state index is 0.116. The molecular weight excluding hydrogens is 208 g/mol. The summed E-state index contributed by atoms with van der Waals surface area (Å²) in [6.07, 6.45) is 0. The number of hydrogen-bond acceptors (Lipinski definition) is 4. The van der Waals surface area contributed by atoms with Crippen LogP contribution in [-0.4, -0.2) is 25.0 Å². The Bertz CT molecular complexity index is 457. The number of fused-ring (bicyclic) bond motifs is 1. The molecule has 1 aliphatic heterocycles. The van der Waals surface area contributed by atoms with Gasteiger partial charge in [-0.05, 0) is 19.1 Å². The van der Waals surface area contributed by atoms with Crippen LogP contribution in [0.25, 0.3) is 0 Å². The van der Waals surface area contributed by atoms with Crippen LogP contribution < -0.4 is 10.6 Å². The van der Waals surface area contributed by atoms with E-state index in [0.717, 1.165) is 0 Å². The first-order valence-electron chi connectivity index (χ1n) is 4.92. The van der Waals surface area contributed by atoms with Crippen molar-refractivity contribution in [2.24, 2.45) is 0 Å². The lowest BCUT2D eigenvalue weighted by Gasteiger charge is -2.25. The molecule has 5 nitrogen and oxygen atoms in total. The fourth-order valence-corrected chi connectivity index (χ4v) is 1.62. The minimum Gasteiger partial charge on any atom is -0.465 e. The quantitative estimate of drug-likeness (QED) is 0.698. The molecule has 1 aromatic rings. The molecule has 1 atom stereocenters. The molecule has 1 aromatic carbocycles. The Morgan fingerprint density at radius 1 is 1.44 bits per heavy atom. The van der Waals surface area contributed by atoms with E-state index in [9.17, 15) is 9.59 Å². The van der Waals surface area contributed by atoms with Crippen molar-refractivity contribution in [3.05, 3.63) is 23.8 Å². The molecule has 84 valence electrons. The molecule has 2 N–H and O–H groups in total. The lowest BCUT2D eigenvalue weighted by atomic mass is 10.1. The van der Waals surface area contributed by atoms with Crippen LogP contribution in [0.2, 0.25) is 0 Å². The Hall–Kier alpha value is -2.04. The van der Waals surface area contributed by atoms with E-state index in [0.29, 0.717) is 16.9 Å². The average Bonchev–Trinajstić information content (AvgIpc) is 2.29. The number of amides is 1. The van der Waals surface area contributed by atoms with Crippen LogP contribution in [0.4, 0.5) is 11.4 Å². The van der Waals surface area contributed by atoms with E-state index < -0.39 is 5.97 Å². The number of methoxy groups -OCH3 is 1. The molecule has 0 fully saturated rings. The van der Waals surface area contributed by atoms with Crippen molar-refractivity contribution in [2.45, 2.75) is 13.0 Å². The summed E-state index contributed by atoms with van der Waals surface area (Å²) >= 11 is 0. The van der Waals surface area contributed by atoms with Crippen molar-refractivity contribution in [2.75, 3.05) is 17.7 Å². The smallest absolute Gasteiger partial charge is 0.340 e. The van der Waals surface area contributed by atoms with E-state index in [-0.39, 0.29) is 11.9 Å². The maximum Gasteiger partial charge on any atom is 0.340 e. The molecule has 1 aliphatic rings. The van der Waals surface area contributed by atoms with Gasteiger partial charge in [-0.15, -0.1) is 0 Å². The largest absolute Gasteiger partial charge is 0.465 e. The van der Waals surface area contributed by atoms with E-state index >= 15 is 0 Å². The van der Waals surface area contributed by atoms with E-state index in [1.165, 1.54) is 7.11 Å². The lowest BCUT2D eigenvalue weighted by molar-refractivity contribution is -0.116. The number of ether oxygens (including phenoxy) is 1. The fraction of sp³-hybridized carbons (Fsp3) is 0.273. The Kier molecular flexibility index (Phi) is 2.52. The highest BCUT2D eigenvalue weighted by atomic mass is 16.5. The fourth-order valence-electron chi connectivity index (χ4n) is 1.62. The van der Waals surface area contributed by atoms with Gasteiger partial charge in [-0.2, -0.15) is 0 Å². The number of benzene rings is 1. The third-order valence-corrected chi connectivity index (χ3v) is 2.48. The van der Waals surface area contributed by atoms with Gasteiger partial charge in [0.05, 0.1) is 24.0 Å². The lowest BCUT2D eigenvalue weighted by Crippen LogP contribution is -2.37. The molecule has 0 saturated carbocycles. The number of hydrogen-bond donors (Lipinski definition) is 2. The van der Waals surface area contributed by atoms with E-state index in [2.05, 4.69) is 15.4 Å². The summed E-state index contributed by atoms with van der Waals surface area (Å²) in [5.74, 6) is -0.540. The molecule has 1 unspecified atom stereocenters. The highest BCUT2D eigenvalue weighted by Crippen LogP contribution is 2.30. The Labute approximate surface area is 92.8 Å². The minimum atomic E-state index is -0.423. The van der Waals surface area contributed by atoms with Crippen molar-refractivity contribution >= 4 is 23.3 Å². The van der Waals surface area contributed by atoms with Gasteiger partial charge in [0.1, 0.15) is 6.04 Å². The summed E-state index contributed by atoms with van der Waals surface area (Å²) in [5.41, 5.74) is 1.64. The third-order valence-electron chi connectivity index (χ3n) is 2.48. The highest BCUT2D eigenvalue weighted by molar-refractivity contribution is 6.08. The summed E-state index contributed by atoms with van der Waals surface area (Å²) in [5, 5.41) is 5.70. The Morgan fingerprint density at radius 2 is 2.19 bits per heavy atom. The highest BCUT2D eigenvalue weighted by Gasteiger charge is 2.25. The van der Waals surface area contributed by atoms with Crippen molar-refractivity contribution in [3.8, 4) is 0 Å². The van der Waals surface area contributed by atoms with Crippen LogP contribution in [0.1, 0.15) is 17.3 Å². The van der Waals surface area contributed by atoms with E-state index in [4.69, 9.17) is 0 Å². The van der Waals surface area contributed by atoms with Gasteiger partial charge in [0.15, 0.2) is 0 Å². The molecule has 16 heavy (non-hydrogen) atoms. The van der Waals surface area contributed by atoms with Gasteiger partial charge < -0.3 is 15.4 Å². The summed E-state index contributed by atoms with van der Waals surface area (Å²) in [4.78, 5) is 22.9. The molecule has 0 spiro atoms.